The molecular weight excluding hydrogens is 234 g/mol. The Morgan fingerprint density at radius 3 is 2.88 bits per heavy atom. The SMILES string of the molecule is Cc1ccnc(Nc2cnn(C)c2)c1C(N)=S. The minimum atomic E-state index is 0.335. The zero-order valence-electron chi connectivity index (χ0n) is 9.64. The van der Waals surface area contributed by atoms with Crippen molar-refractivity contribution >= 4 is 28.7 Å². The van der Waals surface area contributed by atoms with Crippen LogP contribution in [0.25, 0.3) is 0 Å². The molecule has 2 rings (SSSR count). The van der Waals surface area contributed by atoms with Crippen LogP contribution in [0, 0.1) is 6.92 Å². The van der Waals surface area contributed by atoms with Gasteiger partial charge in [0.1, 0.15) is 10.8 Å². The average Bonchev–Trinajstić information content (AvgIpc) is 2.63. The number of nitrogens with two attached hydrogens (primary N) is 1. The van der Waals surface area contributed by atoms with Gasteiger partial charge in [-0.2, -0.15) is 5.10 Å². The first-order valence-corrected chi connectivity index (χ1v) is 5.50. The highest BCUT2D eigenvalue weighted by molar-refractivity contribution is 7.80. The van der Waals surface area contributed by atoms with E-state index in [-0.39, 0.29) is 0 Å². The Hall–Kier alpha value is -1.95. The normalized spacial score (nSPS) is 10.2. The topological polar surface area (TPSA) is 68.8 Å². The van der Waals surface area contributed by atoms with Gasteiger partial charge >= 0.3 is 0 Å². The Labute approximate surface area is 105 Å². The van der Waals surface area contributed by atoms with Gasteiger partial charge in [-0.1, -0.05) is 12.2 Å². The molecule has 2 heterocycles. The van der Waals surface area contributed by atoms with Crippen molar-refractivity contribution in [3.8, 4) is 0 Å². The fraction of sp³-hybridized carbons (Fsp3) is 0.182. The number of thiocarbonyl (C=S) groups is 1. The van der Waals surface area contributed by atoms with Gasteiger partial charge < -0.3 is 11.1 Å². The van der Waals surface area contributed by atoms with Gasteiger partial charge in [-0.3, -0.25) is 4.68 Å². The molecule has 0 aliphatic heterocycles. The second kappa shape index (κ2) is 4.50. The maximum atomic E-state index is 5.70. The lowest BCUT2D eigenvalue weighted by Gasteiger charge is -2.10. The molecule has 0 radical (unpaired) electrons. The van der Waals surface area contributed by atoms with Crippen LogP contribution < -0.4 is 11.1 Å². The Bertz CT molecular complexity index is 561. The summed E-state index contributed by atoms with van der Waals surface area (Å²) in [5.41, 5.74) is 8.32. The van der Waals surface area contributed by atoms with E-state index in [1.807, 2.05) is 26.2 Å². The van der Waals surface area contributed by atoms with Crippen molar-refractivity contribution in [2.24, 2.45) is 12.8 Å². The van der Waals surface area contributed by atoms with Crippen molar-refractivity contribution in [1.82, 2.24) is 14.8 Å². The summed E-state index contributed by atoms with van der Waals surface area (Å²) < 4.78 is 1.71. The number of hydrogen-bond acceptors (Lipinski definition) is 4. The minimum absolute atomic E-state index is 0.335. The van der Waals surface area contributed by atoms with Crippen molar-refractivity contribution in [3.63, 3.8) is 0 Å². The number of aromatic nitrogens is 3. The minimum Gasteiger partial charge on any atom is -0.389 e. The lowest BCUT2D eigenvalue weighted by Crippen LogP contribution is -2.14. The fourth-order valence-electron chi connectivity index (χ4n) is 1.59. The number of aryl methyl sites for hydroxylation is 2. The molecule has 2 aromatic rings. The number of rotatable bonds is 3. The monoisotopic (exact) mass is 247 g/mol. The van der Waals surface area contributed by atoms with Gasteiger partial charge in [0.15, 0.2) is 0 Å². The Balaban J connectivity index is 2.39. The van der Waals surface area contributed by atoms with Crippen molar-refractivity contribution < 1.29 is 0 Å². The third-order valence-electron chi connectivity index (χ3n) is 2.37. The number of nitrogens with one attached hydrogen (secondary N) is 1. The molecule has 17 heavy (non-hydrogen) atoms. The molecule has 0 spiro atoms. The van der Waals surface area contributed by atoms with Gasteiger partial charge in [0.05, 0.1) is 17.4 Å². The van der Waals surface area contributed by atoms with E-state index in [1.54, 1.807) is 17.1 Å². The predicted molar refractivity (Wildman–Crippen MR) is 71.4 cm³/mol. The summed E-state index contributed by atoms with van der Waals surface area (Å²) in [6.45, 7) is 1.95. The van der Waals surface area contributed by atoms with Gasteiger partial charge in [-0.25, -0.2) is 4.98 Å². The van der Waals surface area contributed by atoms with E-state index in [9.17, 15) is 0 Å². The van der Waals surface area contributed by atoms with E-state index in [4.69, 9.17) is 18.0 Å². The molecule has 0 amide bonds. The Morgan fingerprint density at radius 1 is 1.53 bits per heavy atom. The molecular formula is C11H13N5S. The Morgan fingerprint density at radius 2 is 2.29 bits per heavy atom. The zero-order valence-corrected chi connectivity index (χ0v) is 10.5. The third-order valence-corrected chi connectivity index (χ3v) is 2.58. The molecule has 0 saturated heterocycles. The molecule has 5 nitrogen and oxygen atoms in total. The highest BCUT2D eigenvalue weighted by Crippen LogP contribution is 2.20. The molecule has 6 heteroatoms. The largest absolute Gasteiger partial charge is 0.389 e. The molecule has 2 aromatic heterocycles. The molecule has 0 atom stereocenters. The molecule has 88 valence electrons. The van der Waals surface area contributed by atoms with Crippen LogP contribution in [-0.4, -0.2) is 19.8 Å². The summed E-state index contributed by atoms with van der Waals surface area (Å²) in [6, 6.07) is 1.88. The van der Waals surface area contributed by atoms with Gasteiger partial charge in [-0.15, -0.1) is 0 Å². The second-order valence-electron chi connectivity index (χ2n) is 3.74. The molecule has 0 unspecified atom stereocenters. The fourth-order valence-corrected chi connectivity index (χ4v) is 1.84. The highest BCUT2D eigenvalue weighted by atomic mass is 32.1. The van der Waals surface area contributed by atoms with Crippen molar-refractivity contribution in [3.05, 3.63) is 35.8 Å². The van der Waals surface area contributed by atoms with Crippen molar-refractivity contribution in [2.75, 3.05) is 5.32 Å². The summed E-state index contributed by atoms with van der Waals surface area (Å²) in [6.07, 6.45) is 5.29. The van der Waals surface area contributed by atoms with Crippen LogP contribution in [-0.2, 0) is 7.05 Å². The molecule has 0 bridgehead atoms. The van der Waals surface area contributed by atoms with E-state index in [1.165, 1.54) is 0 Å². The van der Waals surface area contributed by atoms with E-state index < -0.39 is 0 Å². The molecule has 3 N–H and O–H groups in total. The number of anilines is 2. The summed E-state index contributed by atoms with van der Waals surface area (Å²) in [5, 5.41) is 7.23. The first kappa shape index (κ1) is 11.5. The third kappa shape index (κ3) is 2.42. The van der Waals surface area contributed by atoms with Crippen LogP contribution >= 0.6 is 12.2 Å². The van der Waals surface area contributed by atoms with Gasteiger partial charge in [0.25, 0.3) is 0 Å². The van der Waals surface area contributed by atoms with E-state index >= 15 is 0 Å². The highest BCUT2D eigenvalue weighted by Gasteiger charge is 2.10. The second-order valence-corrected chi connectivity index (χ2v) is 4.18. The average molecular weight is 247 g/mol. The smallest absolute Gasteiger partial charge is 0.140 e. The number of nitrogens with zero attached hydrogens (tertiary/aromatic N) is 3. The summed E-state index contributed by atoms with van der Waals surface area (Å²) >= 11 is 5.04. The van der Waals surface area contributed by atoms with Crippen LogP contribution in [0.4, 0.5) is 11.5 Å². The maximum Gasteiger partial charge on any atom is 0.140 e. The predicted octanol–water partition coefficient (Wildman–Crippen LogP) is 1.50. The molecule has 0 aliphatic rings. The quantitative estimate of drug-likeness (QED) is 0.804. The maximum absolute atomic E-state index is 5.70. The number of pyridine rings is 1. The van der Waals surface area contributed by atoms with Gasteiger partial charge in [-0.05, 0) is 18.6 Å². The van der Waals surface area contributed by atoms with Crippen LogP contribution in [0.15, 0.2) is 24.7 Å². The standard InChI is InChI=1S/C11H13N5S/c1-7-3-4-13-11(9(7)10(12)17)15-8-5-14-16(2)6-8/h3-6H,1-2H3,(H2,12,17)(H,13,15). The van der Waals surface area contributed by atoms with Gasteiger partial charge in [0, 0.05) is 19.4 Å². The van der Waals surface area contributed by atoms with Crippen LogP contribution in [0.2, 0.25) is 0 Å². The van der Waals surface area contributed by atoms with Crippen molar-refractivity contribution in [1.29, 1.82) is 0 Å². The van der Waals surface area contributed by atoms with Crippen LogP contribution in [0.1, 0.15) is 11.1 Å². The molecule has 0 fully saturated rings. The lowest BCUT2D eigenvalue weighted by atomic mass is 10.1. The first-order chi connectivity index (χ1) is 8.08. The summed E-state index contributed by atoms with van der Waals surface area (Å²) in [4.78, 5) is 4.58. The first-order valence-electron chi connectivity index (χ1n) is 5.09. The van der Waals surface area contributed by atoms with Crippen LogP contribution in [0.5, 0.6) is 0 Å². The van der Waals surface area contributed by atoms with Crippen molar-refractivity contribution in [2.45, 2.75) is 6.92 Å². The lowest BCUT2D eigenvalue weighted by molar-refractivity contribution is 0.768. The van der Waals surface area contributed by atoms with E-state index in [0.717, 1.165) is 16.8 Å². The van der Waals surface area contributed by atoms with Gasteiger partial charge in [0.2, 0.25) is 0 Å². The van der Waals surface area contributed by atoms with Crippen LogP contribution in [0.3, 0.4) is 0 Å². The summed E-state index contributed by atoms with van der Waals surface area (Å²) in [5.74, 6) is 0.658. The Kier molecular flexibility index (Phi) is 3.06. The van der Waals surface area contributed by atoms with E-state index in [2.05, 4.69) is 15.4 Å². The summed E-state index contributed by atoms with van der Waals surface area (Å²) in [7, 11) is 1.85. The molecule has 0 saturated carbocycles. The number of hydrogen-bond donors (Lipinski definition) is 2. The zero-order chi connectivity index (χ0) is 12.4. The molecule has 0 aromatic carbocycles. The molecule has 0 aliphatic carbocycles. The van der Waals surface area contributed by atoms with E-state index in [0.29, 0.717) is 10.8 Å².